The number of carbonyl (C=O) groups is 1. The molecule has 2 heterocycles. The Morgan fingerprint density at radius 1 is 1.22 bits per heavy atom. The number of nitrogens with zero attached hydrogens (tertiary/aromatic N) is 2. The summed E-state index contributed by atoms with van der Waals surface area (Å²) < 4.78 is 14.9. The molecule has 1 amide bonds. The number of amides is 1. The topological polar surface area (TPSA) is 46.4 Å². The molecule has 0 bridgehead atoms. The van der Waals surface area contributed by atoms with Crippen molar-refractivity contribution in [3.8, 4) is 0 Å². The summed E-state index contributed by atoms with van der Waals surface area (Å²) in [5.41, 5.74) is 3.92. The molecule has 5 heteroatoms. The first kappa shape index (κ1) is 15.2. The molecule has 1 aromatic carbocycles. The first-order valence-corrected chi connectivity index (χ1v) is 7.47. The molecule has 0 saturated heterocycles. The number of aryl methyl sites for hydroxylation is 2. The zero-order chi connectivity index (χ0) is 16.6. The van der Waals surface area contributed by atoms with Crippen molar-refractivity contribution < 1.29 is 9.18 Å². The fourth-order valence-electron chi connectivity index (χ4n) is 2.68. The quantitative estimate of drug-likeness (QED) is 0.803. The maximum absolute atomic E-state index is 13.0. The highest BCUT2D eigenvalue weighted by molar-refractivity contribution is 6.00. The summed E-state index contributed by atoms with van der Waals surface area (Å²) in [7, 11) is 0. The van der Waals surface area contributed by atoms with Gasteiger partial charge in [0.15, 0.2) is 0 Å². The van der Waals surface area contributed by atoms with E-state index in [4.69, 9.17) is 0 Å². The molecular formula is C18H18FN3O. The summed E-state index contributed by atoms with van der Waals surface area (Å²) >= 11 is 0. The van der Waals surface area contributed by atoms with E-state index in [1.54, 1.807) is 18.2 Å². The molecule has 0 spiro atoms. The Morgan fingerprint density at radius 3 is 2.61 bits per heavy atom. The van der Waals surface area contributed by atoms with Crippen LogP contribution in [0.25, 0.3) is 5.65 Å². The van der Waals surface area contributed by atoms with Crippen LogP contribution in [0.15, 0.2) is 42.6 Å². The summed E-state index contributed by atoms with van der Waals surface area (Å²) in [5.74, 6) is -0.484. The van der Waals surface area contributed by atoms with E-state index in [-0.39, 0.29) is 17.8 Å². The molecular weight excluding hydrogens is 293 g/mol. The van der Waals surface area contributed by atoms with Crippen molar-refractivity contribution in [2.75, 3.05) is 0 Å². The predicted octanol–water partition coefficient (Wildman–Crippen LogP) is 3.58. The molecule has 3 rings (SSSR count). The van der Waals surface area contributed by atoms with Crippen LogP contribution in [0.4, 0.5) is 4.39 Å². The number of nitrogens with one attached hydrogen (secondary N) is 1. The third-order valence-corrected chi connectivity index (χ3v) is 3.90. The van der Waals surface area contributed by atoms with Crippen LogP contribution >= 0.6 is 0 Å². The van der Waals surface area contributed by atoms with E-state index in [2.05, 4.69) is 10.3 Å². The molecule has 118 valence electrons. The van der Waals surface area contributed by atoms with Gasteiger partial charge in [0.1, 0.15) is 11.5 Å². The highest BCUT2D eigenvalue weighted by atomic mass is 19.1. The second kappa shape index (κ2) is 5.83. The summed E-state index contributed by atoms with van der Waals surface area (Å²) in [6, 6.07) is 9.64. The Kier molecular flexibility index (Phi) is 3.86. The second-order valence-electron chi connectivity index (χ2n) is 5.71. The van der Waals surface area contributed by atoms with Crippen LogP contribution in [0.1, 0.15) is 40.3 Å². The maximum Gasteiger partial charge on any atom is 0.255 e. The first-order chi connectivity index (χ1) is 11.0. The number of halogens is 1. The summed E-state index contributed by atoms with van der Waals surface area (Å²) in [6.07, 6.45) is 1.84. The van der Waals surface area contributed by atoms with Crippen molar-refractivity contribution in [2.45, 2.75) is 26.8 Å². The van der Waals surface area contributed by atoms with Crippen molar-refractivity contribution in [1.82, 2.24) is 14.7 Å². The van der Waals surface area contributed by atoms with E-state index in [1.807, 2.05) is 37.4 Å². The molecule has 0 saturated carbocycles. The third-order valence-electron chi connectivity index (χ3n) is 3.90. The fourth-order valence-corrected chi connectivity index (χ4v) is 2.68. The molecule has 4 nitrogen and oxygen atoms in total. The molecule has 1 unspecified atom stereocenters. The van der Waals surface area contributed by atoms with E-state index >= 15 is 0 Å². The molecule has 1 N–H and O–H groups in total. The molecule has 0 radical (unpaired) electrons. The van der Waals surface area contributed by atoms with Gasteiger partial charge in [-0.1, -0.05) is 12.1 Å². The average molecular weight is 311 g/mol. The van der Waals surface area contributed by atoms with Crippen LogP contribution in [-0.4, -0.2) is 15.3 Å². The van der Waals surface area contributed by atoms with Crippen molar-refractivity contribution >= 4 is 11.6 Å². The Morgan fingerprint density at radius 2 is 1.91 bits per heavy atom. The van der Waals surface area contributed by atoms with Gasteiger partial charge in [0.2, 0.25) is 0 Å². The van der Waals surface area contributed by atoms with Gasteiger partial charge in [-0.25, -0.2) is 9.37 Å². The largest absolute Gasteiger partial charge is 0.345 e. The van der Waals surface area contributed by atoms with E-state index in [9.17, 15) is 9.18 Å². The highest BCUT2D eigenvalue weighted by Gasteiger charge is 2.16. The van der Waals surface area contributed by atoms with Gasteiger partial charge in [-0.05, 0) is 50.6 Å². The SMILES string of the molecule is Cc1cc(C)n2ccc(C(=O)NC(C)c3ccc(F)cc3)c2n1. The normalized spacial score (nSPS) is 12.3. The van der Waals surface area contributed by atoms with Crippen molar-refractivity contribution in [3.05, 3.63) is 70.9 Å². The fraction of sp³-hybridized carbons (Fsp3) is 0.222. The molecule has 0 fully saturated rings. The average Bonchev–Trinajstić information content (AvgIpc) is 2.91. The molecule has 0 aliphatic rings. The number of rotatable bonds is 3. The van der Waals surface area contributed by atoms with E-state index in [0.29, 0.717) is 11.2 Å². The molecule has 2 aromatic heterocycles. The van der Waals surface area contributed by atoms with Crippen molar-refractivity contribution in [3.63, 3.8) is 0 Å². The number of hydrogen-bond acceptors (Lipinski definition) is 2. The minimum Gasteiger partial charge on any atom is -0.345 e. The van der Waals surface area contributed by atoms with Crippen molar-refractivity contribution in [1.29, 1.82) is 0 Å². The third kappa shape index (κ3) is 2.95. The van der Waals surface area contributed by atoms with E-state index in [0.717, 1.165) is 17.0 Å². The molecule has 0 aliphatic heterocycles. The van der Waals surface area contributed by atoms with Crippen LogP contribution < -0.4 is 5.32 Å². The number of benzene rings is 1. The second-order valence-corrected chi connectivity index (χ2v) is 5.71. The Labute approximate surface area is 134 Å². The summed E-state index contributed by atoms with van der Waals surface area (Å²) in [5, 5.41) is 2.93. The minimum atomic E-state index is -0.291. The lowest BCUT2D eigenvalue weighted by molar-refractivity contribution is 0.0941. The monoisotopic (exact) mass is 311 g/mol. The number of hydrogen-bond donors (Lipinski definition) is 1. The van der Waals surface area contributed by atoms with E-state index in [1.165, 1.54) is 12.1 Å². The van der Waals surface area contributed by atoms with Gasteiger partial charge < -0.3 is 9.72 Å². The lowest BCUT2D eigenvalue weighted by Crippen LogP contribution is -2.26. The molecule has 0 aliphatic carbocycles. The molecule has 3 aromatic rings. The van der Waals surface area contributed by atoms with Gasteiger partial charge >= 0.3 is 0 Å². The van der Waals surface area contributed by atoms with Crippen LogP contribution in [0.3, 0.4) is 0 Å². The van der Waals surface area contributed by atoms with Gasteiger partial charge in [0.05, 0.1) is 11.6 Å². The van der Waals surface area contributed by atoms with Crippen LogP contribution in [-0.2, 0) is 0 Å². The Bertz CT molecular complexity index is 868. The number of carbonyl (C=O) groups excluding carboxylic acids is 1. The predicted molar refractivity (Wildman–Crippen MR) is 86.9 cm³/mol. The van der Waals surface area contributed by atoms with Gasteiger partial charge in [-0.15, -0.1) is 0 Å². The zero-order valence-corrected chi connectivity index (χ0v) is 13.3. The smallest absolute Gasteiger partial charge is 0.255 e. The standard InChI is InChI=1S/C18H18FN3O/c1-11-10-12(2)22-9-8-16(17(22)20-11)18(23)21-13(3)14-4-6-15(19)7-5-14/h4-10,13H,1-3H3,(H,21,23). The van der Waals surface area contributed by atoms with Gasteiger partial charge in [0, 0.05) is 17.6 Å². The van der Waals surface area contributed by atoms with Gasteiger partial charge in [-0.3, -0.25) is 4.79 Å². The lowest BCUT2D eigenvalue weighted by Gasteiger charge is -2.14. The maximum atomic E-state index is 13.0. The summed E-state index contributed by atoms with van der Waals surface area (Å²) in [6.45, 7) is 5.75. The van der Waals surface area contributed by atoms with Crippen LogP contribution in [0.2, 0.25) is 0 Å². The minimum absolute atomic E-state index is 0.193. The van der Waals surface area contributed by atoms with E-state index < -0.39 is 0 Å². The zero-order valence-electron chi connectivity index (χ0n) is 13.3. The van der Waals surface area contributed by atoms with Crippen molar-refractivity contribution in [2.24, 2.45) is 0 Å². The number of fused-ring (bicyclic) bond motifs is 1. The number of aromatic nitrogens is 2. The van der Waals surface area contributed by atoms with Gasteiger partial charge in [-0.2, -0.15) is 0 Å². The molecule has 23 heavy (non-hydrogen) atoms. The van der Waals surface area contributed by atoms with Gasteiger partial charge in [0.25, 0.3) is 5.91 Å². The Hall–Kier alpha value is -2.69. The Balaban J connectivity index is 1.87. The summed E-state index contributed by atoms with van der Waals surface area (Å²) in [4.78, 5) is 17.0. The first-order valence-electron chi connectivity index (χ1n) is 7.47. The van der Waals surface area contributed by atoms with Crippen LogP contribution in [0, 0.1) is 19.7 Å². The molecule has 1 atom stereocenters. The highest BCUT2D eigenvalue weighted by Crippen LogP contribution is 2.17. The van der Waals surface area contributed by atoms with Crippen LogP contribution in [0.5, 0.6) is 0 Å². The lowest BCUT2D eigenvalue weighted by atomic mass is 10.1.